The number of ketones is 1. The third kappa shape index (κ3) is 2.09. The van der Waals surface area contributed by atoms with Gasteiger partial charge in [0.25, 0.3) is 0 Å². The molecule has 0 saturated heterocycles. The molecule has 2 rings (SSSR count). The predicted molar refractivity (Wildman–Crippen MR) is 64.3 cm³/mol. The smallest absolute Gasteiger partial charge is 0.202 e. The monoisotopic (exact) mass is 230 g/mol. The van der Waals surface area contributed by atoms with Crippen LogP contribution in [0.1, 0.15) is 30.5 Å². The summed E-state index contributed by atoms with van der Waals surface area (Å²) in [6.07, 6.45) is 0.761. The lowest BCUT2D eigenvalue weighted by Gasteiger charge is -1.98. The molecule has 2 nitrogen and oxygen atoms in total. The van der Waals surface area contributed by atoms with E-state index in [0.717, 1.165) is 11.8 Å². The molecule has 0 amide bonds. The molecule has 0 atom stereocenters. The zero-order valence-electron chi connectivity index (χ0n) is 8.77. The molecule has 0 aliphatic rings. The van der Waals surface area contributed by atoms with Crippen LogP contribution in [-0.4, -0.2) is 12.1 Å². The molecule has 80 valence electrons. The van der Waals surface area contributed by atoms with E-state index in [4.69, 9.17) is 0 Å². The highest BCUT2D eigenvalue weighted by Gasteiger charge is 2.11. The van der Waals surface area contributed by atoms with Crippen molar-refractivity contribution in [2.45, 2.75) is 6.92 Å². The first-order valence-electron chi connectivity index (χ1n) is 4.87. The standard InChI is InChI=1S/C13H10O2S/c1-9-2-4-10(5-3-9)13(15)12-7-6-11(8-14)16-12/h2-8H,1H3. The summed E-state index contributed by atoms with van der Waals surface area (Å²) in [5.74, 6) is -0.0295. The second-order valence-corrected chi connectivity index (χ2v) is 4.63. The van der Waals surface area contributed by atoms with Crippen LogP contribution in [0.25, 0.3) is 0 Å². The Morgan fingerprint density at radius 3 is 2.38 bits per heavy atom. The van der Waals surface area contributed by atoms with Gasteiger partial charge in [-0.05, 0) is 19.1 Å². The number of thiophene rings is 1. The molecule has 1 aromatic heterocycles. The maximum atomic E-state index is 12.0. The Morgan fingerprint density at radius 1 is 1.12 bits per heavy atom. The third-order valence-corrected chi connectivity index (χ3v) is 3.29. The van der Waals surface area contributed by atoms with Crippen molar-refractivity contribution in [1.82, 2.24) is 0 Å². The Labute approximate surface area is 97.5 Å². The first-order chi connectivity index (χ1) is 7.70. The first-order valence-corrected chi connectivity index (χ1v) is 5.69. The maximum absolute atomic E-state index is 12.0. The fourth-order valence-electron chi connectivity index (χ4n) is 1.39. The minimum absolute atomic E-state index is 0.0295. The van der Waals surface area contributed by atoms with Crippen molar-refractivity contribution in [3.8, 4) is 0 Å². The van der Waals surface area contributed by atoms with Crippen molar-refractivity contribution in [3.05, 3.63) is 57.3 Å². The van der Waals surface area contributed by atoms with Gasteiger partial charge in [0.15, 0.2) is 6.29 Å². The van der Waals surface area contributed by atoms with Gasteiger partial charge < -0.3 is 0 Å². The molecule has 0 N–H and O–H groups in total. The van der Waals surface area contributed by atoms with Crippen molar-refractivity contribution in [1.29, 1.82) is 0 Å². The van der Waals surface area contributed by atoms with Crippen LogP contribution in [0, 0.1) is 6.92 Å². The van der Waals surface area contributed by atoms with Gasteiger partial charge in [0.05, 0.1) is 9.75 Å². The second kappa shape index (κ2) is 4.41. The van der Waals surface area contributed by atoms with Gasteiger partial charge in [-0.3, -0.25) is 9.59 Å². The molecule has 0 saturated carbocycles. The summed E-state index contributed by atoms with van der Waals surface area (Å²) in [7, 11) is 0. The summed E-state index contributed by atoms with van der Waals surface area (Å²) in [6, 6.07) is 10.8. The highest BCUT2D eigenvalue weighted by Crippen LogP contribution is 2.18. The Hall–Kier alpha value is -1.74. The summed E-state index contributed by atoms with van der Waals surface area (Å²) in [5.41, 5.74) is 1.78. The van der Waals surface area contributed by atoms with Crippen molar-refractivity contribution in [3.63, 3.8) is 0 Å². The van der Waals surface area contributed by atoms with Crippen molar-refractivity contribution in [2.75, 3.05) is 0 Å². The van der Waals surface area contributed by atoms with Gasteiger partial charge in [0.1, 0.15) is 0 Å². The van der Waals surface area contributed by atoms with E-state index >= 15 is 0 Å². The van der Waals surface area contributed by atoms with Crippen LogP contribution in [0.3, 0.4) is 0 Å². The molecule has 0 aliphatic carbocycles. The largest absolute Gasteiger partial charge is 0.297 e. The fraction of sp³-hybridized carbons (Fsp3) is 0.0769. The summed E-state index contributed by atoms with van der Waals surface area (Å²) in [6.45, 7) is 1.98. The second-order valence-electron chi connectivity index (χ2n) is 3.52. The Balaban J connectivity index is 2.31. The zero-order chi connectivity index (χ0) is 11.5. The van der Waals surface area contributed by atoms with Crippen LogP contribution in [0.15, 0.2) is 36.4 Å². The van der Waals surface area contributed by atoms with Gasteiger partial charge in [-0.15, -0.1) is 11.3 Å². The van der Waals surface area contributed by atoms with Crippen molar-refractivity contribution < 1.29 is 9.59 Å². The van der Waals surface area contributed by atoms with Crippen LogP contribution in [-0.2, 0) is 0 Å². The Kier molecular flexibility index (Phi) is 2.97. The van der Waals surface area contributed by atoms with Crippen molar-refractivity contribution >= 4 is 23.4 Å². The molecule has 0 radical (unpaired) electrons. The van der Waals surface area contributed by atoms with Crippen molar-refractivity contribution in [2.24, 2.45) is 0 Å². The van der Waals surface area contributed by atoms with Crippen LogP contribution < -0.4 is 0 Å². The van der Waals surface area contributed by atoms with E-state index in [9.17, 15) is 9.59 Å². The lowest BCUT2D eigenvalue weighted by Crippen LogP contribution is -1.97. The van der Waals surface area contributed by atoms with Crippen LogP contribution >= 0.6 is 11.3 Å². The van der Waals surface area contributed by atoms with E-state index in [2.05, 4.69) is 0 Å². The Bertz CT molecular complexity index is 523. The van der Waals surface area contributed by atoms with E-state index in [-0.39, 0.29) is 5.78 Å². The average molecular weight is 230 g/mol. The van der Waals surface area contributed by atoms with Gasteiger partial charge in [-0.25, -0.2) is 0 Å². The Morgan fingerprint density at radius 2 is 1.81 bits per heavy atom. The average Bonchev–Trinajstić information content (AvgIpc) is 2.77. The molecule has 1 heterocycles. The number of hydrogen-bond donors (Lipinski definition) is 0. The third-order valence-electron chi connectivity index (χ3n) is 2.28. The van der Waals surface area contributed by atoms with E-state index in [1.807, 2.05) is 19.1 Å². The minimum atomic E-state index is -0.0295. The normalized spacial score (nSPS) is 10.1. The molecule has 16 heavy (non-hydrogen) atoms. The maximum Gasteiger partial charge on any atom is 0.202 e. The van der Waals surface area contributed by atoms with Gasteiger partial charge in [-0.2, -0.15) is 0 Å². The summed E-state index contributed by atoms with van der Waals surface area (Å²) in [4.78, 5) is 23.7. The van der Waals surface area contributed by atoms with E-state index in [1.165, 1.54) is 11.3 Å². The highest BCUT2D eigenvalue weighted by atomic mass is 32.1. The number of benzene rings is 1. The van der Waals surface area contributed by atoms with Crippen LogP contribution in [0.4, 0.5) is 0 Å². The quantitative estimate of drug-likeness (QED) is 0.599. The zero-order valence-corrected chi connectivity index (χ0v) is 9.58. The number of aldehydes is 1. The van der Waals surface area contributed by atoms with Gasteiger partial charge in [0.2, 0.25) is 5.78 Å². The number of carbonyl (C=O) groups excluding carboxylic acids is 2. The number of rotatable bonds is 3. The topological polar surface area (TPSA) is 34.1 Å². The number of aryl methyl sites for hydroxylation is 1. The van der Waals surface area contributed by atoms with Crippen LogP contribution in [0.2, 0.25) is 0 Å². The van der Waals surface area contributed by atoms with Gasteiger partial charge in [0, 0.05) is 5.56 Å². The molecule has 2 aromatic rings. The number of carbonyl (C=O) groups is 2. The predicted octanol–water partition coefficient (Wildman–Crippen LogP) is 3.10. The highest BCUT2D eigenvalue weighted by molar-refractivity contribution is 7.15. The SMILES string of the molecule is Cc1ccc(C(=O)c2ccc(C=O)s2)cc1. The lowest BCUT2D eigenvalue weighted by atomic mass is 10.1. The molecule has 0 unspecified atom stereocenters. The van der Waals surface area contributed by atoms with Gasteiger partial charge in [-0.1, -0.05) is 29.8 Å². The fourth-order valence-corrected chi connectivity index (χ4v) is 2.17. The van der Waals surface area contributed by atoms with E-state index < -0.39 is 0 Å². The number of hydrogen-bond acceptors (Lipinski definition) is 3. The molecular formula is C13H10O2S. The van der Waals surface area contributed by atoms with Gasteiger partial charge >= 0.3 is 0 Å². The molecule has 1 aromatic carbocycles. The molecule has 0 aliphatic heterocycles. The minimum Gasteiger partial charge on any atom is -0.297 e. The molecule has 0 fully saturated rings. The molecular weight excluding hydrogens is 220 g/mol. The summed E-state index contributed by atoms with van der Waals surface area (Å²) in [5, 5.41) is 0. The van der Waals surface area contributed by atoms with E-state index in [0.29, 0.717) is 15.3 Å². The molecule has 0 spiro atoms. The summed E-state index contributed by atoms with van der Waals surface area (Å²) < 4.78 is 0. The summed E-state index contributed by atoms with van der Waals surface area (Å²) >= 11 is 1.22. The molecule has 0 bridgehead atoms. The first kappa shape index (κ1) is 10.8. The van der Waals surface area contributed by atoms with E-state index in [1.54, 1.807) is 24.3 Å². The molecule has 3 heteroatoms. The van der Waals surface area contributed by atoms with Crippen LogP contribution in [0.5, 0.6) is 0 Å². The lowest BCUT2D eigenvalue weighted by molar-refractivity contribution is 0.104.